The van der Waals surface area contributed by atoms with Crippen molar-refractivity contribution in [2.45, 2.75) is 26.3 Å². The highest BCUT2D eigenvalue weighted by Gasteiger charge is 2.21. The SMILES string of the molecule is CCOC(=O)C(C)c1cn(Cc2ccccc2)c2ccc(Cl)cc12. The molecule has 3 rings (SSSR count). The summed E-state index contributed by atoms with van der Waals surface area (Å²) in [5.74, 6) is -0.542. The molecule has 0 fully saturated rings. The summed E-state index contributed by atoms with van der Waals surface area (Å²) in [6.45, 7) is 4.82. The Labute approximate surface area is 146 Å². The second-order valence-corrected chi connectivity index (χ2v) is 6.27. The predicted molar refractivity (Wildman–Crippen MR) is 97.5 cm³/mol. The van der Waals surface area contributed by atoms with Crippen molar-refractivity contribution < 1.29 is 9.53 Å². The molecule has 1 unspecified atom stereocenters. The molecule has 3 aromatic rings. The van der Waals surface area contributed by atoms with Crippen LogP contribution in [0.2, 0.25) is 5.02 Å². The van der Waals surface area contributed by atoms with E-state index in [1.807, 2.05) is 56.4 Å². The molecule has 24 heavy (non-hydrogen) atoms. The van der Waals surface area contributed by atoms with E-state index in [4.69, 9.17) is 16.3 Å². The van der Waals surface area contributed by atoms with Crippen molar-refractivity contribution in [3.8, 4) is 0 Å². The van der Waals surface area contributed by atoms with Crippen molar-refractivity contribution in [3.63, 3.8) is 0 Å². The number of carbonyl (C=O) groups excluding carboxylic acids is 1. The van der Waals surface area contributed by atoms with Crippen LogP contribution in [-0.2, 0) is 16.1 Å². The van der Waals surface area contributed by atoms with E-state index in [1.165, 1.54) is 5.56 Å². The monoisotopic (exact) mass is 341 g/mol. The highest BCUT2D eigenvalue weighted by Crippen LogP contribution is 2.31. The first-order valence-corrected chi connectivity index (χ1v) is 8.46. The lowest BCUT2D eigenvalue weighted by atomic mass is 10.0. The second-order valence-electron chi connectivity index (χ2n) is 5.83. The summed E-state index contributed by atoms with van der Waals surface area (Å²) in [6, 6.07) is 16.0. The molecule has 0 bridgehead atoms. The zero-order chi connectivity index (χ0) is 17.1. The van der Waals surface area contributed by atoms with Crippen LogP contribution in [-0.4, -0.2) is 17.1 Å². The average Bonchev–Trinajstić information content (AvgIpc) is 2.93. The first-order chi connectivity index (χ1) is 11.6. The van der Waals surface area contributed by atoms with Gasteiger partial charge in [0.25, 0.3) is 0 Å². The van der Waals surface area contributed by atoms with Crippen LogP contribution in [0.4, 0.5) is 0 Å². The van der Waals surface area contributed by atoms with Crippen molar-refractivity contribution in [2.24, 2.45) is 0 Å². The minimum atomic E-state index is -0.331. The van der Waals surface area contributed by atoms with Gasteiger partial charge in [0.15, 0.2) is 0 Å². The van der Waals surface area contributed by atoms with Crippen molar-refractivity contribution in [1.29, 1.82) is 0 Å². The molecular weight excluding hydrogens is 322 g/mol. The number of halogens is 1. The molecule has 0 saturated carbocycles. The Morgan fingerprint density at radius 2 is 1.96 bits per heavy atom. The predicted octanol–water partition coefficient (Wildman–Crippen LogP) is 5.01. The van der Waals surface area contributed by atoms with Gasteiger partial charge in [-0.05, 0) is 43.2 Å². The number of esters is 1. The van der Waals surface area contributed by atoms with E-state index in [9.17, 15) is 4.79 Å². The van der Waals surface area contributed by atoms with Crippen LogP contribution < -0.4 is 0 Å². The van der Waals surface area contributed by atoms with Gasteiger partial charge in [-0.2, -0.15) is 0 Å². The van der Waals surface area contributed by atoms with E-state index < -0.39 is 0 Å². The fraction of sp³-hybridized carbons (Fsp3) is 0.250. The van der Waals surface area contributed by atoms with Crippen molar-refractivity contribution in [3.05, 3.63) is 70.9 Å². The van der Waals surface area contributed by atoms with Gasteiger partial charge in [-0.3, -0.25) is 4.79 Å². The van der Waals surface area contributed by atoms with Gasteiger partial charge < -0.3 is 9.30 Å². The lowest BCUT2D eigenvalue weighted by molar-refractivity contribution is -0.144. The zero-order valence-corrected chi connectivity index (χ0v) is 14.6. The molecule has 0 radical (unpaired) electrons. The fourth-order valence-corrected chi connectivity index (χ4v) is 3.12. The smallest absolute Gasteiger partial charge is 0.313 e. The molecular formula is C20H20ClNO2. The third-order valence-electron chi connectivity index (χ3n) is 4.18. The molecule has 1 atom stereocenters. The molecule has 4 heteroatoms. The van der Waals surface area contributed by atoms with Gasteiger partial charge in [0.2, 0.25) is 0 Å². The second kappa shape index (κ2) is 7.10. The van der Waals surface area contributed by atoms with Gasteiger partial charge in [-0.15, -0.1) is 0 Å². The maximum Gasteiger partial charge on any atom is 0.313 e. The van der Waals surface area contributed by atoms with Crippen molar-refractivity contribution in [2.75, 3.05) is 6.61 Å². The van der Waals surface area contributed by atoms with E-state index in [0.29, 0.717) is 11.6 Å². The standard InChI is InChI=1S/C20H20ClNO2/c1-3-24-20(23)14(2)18-13-22(12-15-7-5-4-6-8-15)19-10-9-16(21)11-17(18)19/h4-11,13-14H,3,12H2,1-2H3. The van der Waals surface area contributed by atoms with Crippen LogP contribution in [0.15, 0.2) is 54.7 Å². The maximum atomic E-state index is 12.2. The van der Waals surface area contributed by atoms with Crippen LogP contribution in [0, 0.1) is 0 Å². The third-order valence-corrected chi connectivity index (χ3v) is 4.41. The lowest BCUT2D eigenvalue weighted by Crippen LogP contribution is -2.12. The van der Waals surface area contributed by atoms with Gasteiger partial charge in [0.05, 0.1) is 12.5 Å². The Morgan fingerprint density at radius 1 is 1.21 bits per heavy atom. The third kappa shape index (κ3) is 3.31. The number of hydrogen-bond donors (Lipinski definition) is 0. The van der Waals surface area contributed by atoms with Crippen molar-refractivity contribution in [1.82, 2.24) is 4.57 Å². The van der Waals surface area contributed by atoms with Gasteiger partial charge in [0, 0.05) is 28.7 Å². The number of rotatable bonds is 5. The minimum absolute atomic E-state index is 0.212. The van der Waals surface area contributed by atoms with Gasteiger partial charge in [-0.1, -0.05) is 41.9 Å². The zero-order valence-electron chi connectivity index (χ0n) is 13.8. The van der Waals surface area contributed by atoms with E-state index in [0.717, 1.165) is 23.0 Å². The normalized spacial score (nSPS) is 12.3. The molecule has 0 aliphatic heterocycles. The quantitative estimate of drug-likeness (QED) is 0.611. The lowest BCUT2D eigenvalue weighted by Gasteiger charge is -2.09. The van der Waals surface area contributed by atoms with Crippen LogP contribution >= 0.6 is 11.6 Å². The summed E-state index contributed by atoms with van der Waals surface area (Å²) in [5.41, 5.74) is 3.22. The molecule has 0 saturated heterocycles. The van der Waals surface area contributed by atoms with Gasteiger partial charge >= 0.3 is 5.97 Å². The highest BCUT2D eigenvalue weighted by atomic mass is 35.5. The molecule has 1 aromatic heterocycles. The highest BCUT2D eigenvalue weighted by molar-refractivity contribution is 6.31. The van der Waals surface area contributed by atoms with E-state index in [1.54, 1.807) is 0 Å². The first kappa shape index (κ1) is 16.6. The summed E-state index contributed by atoms with van der Waals surface area (Å²) in [4.78, 5) is 12.2. The van der Waals surface area contributed by atoms with Crippen molar-refractivity contribution >= 4 is 28.5 Å². The summed E-state index contributed by atoms with van der Waals surface area (Å²) in [5, 5.41) is 1.66. The van der Waals surface area contributed by atoms with Gasteiger partial charge in [-0.25, -0.2) is 0 Å². The first-order valence-electron chi connectivity index (χ1n) is 8.09. The van der Waals surface area contributed by atoms with E-state index in [2.05, 4.69) is 16.7 Å². The summed E-state index contributed by atoms with van der Waals surface area (Å²) in [7, 11) is 0. The minimum Gasteiger partial charge on any atom is -0.466 e. The number of carbonyl (C=O) groups is 1. The maximum absolute atomic E-state index is 12.2. The molecule has 1 heterocycles. The number of benzene rings is 2. The van der Waals surface area contributed by atoms with Crippen LogP contribution in [0.1, 0.15) is 30.9 Å². The Bertz CT molecular complexity index is 855. The van der Waals surface area contributed by atoms with Crippen LogP contribution in [0.3, 0.4) is 0 Å². The Hall–Kier alpha value is -2.26. The number of ether oxygens (including phenoxy) is 1. The summed E-state index contributed by atoms with van der Waals surface area (Å²) >= 11 is 6.18. The fourth-order valence-electron chi connectivity index (χ4n) is 2.95. The molecule has 0 N–H and O–H groups in total. The topological polar surface area (TPSA) is 31.2 Å². The van der Waals surface area contributed by atoms with Crippen LogP contribution in [0.5, 0.6) is 0 Å². The number of fused-ring (bicyclic) bond motifs is 1. The Kier molecular flexibility index (Phi) is 4.91. The van der Waals surface area contributed by atoms with E-state index in [-0.39, 0.29) is 11.9 Å². The Balaban J connectivity index is 2.06. The van der Waals surface area contributed by atoms with Gasteiger partial charge in [0.1, 0.15) is 0 Å². The molecule has 0 aliphatic carbocycles. The summed E-state index contributed by atoms with van der Waals surface area (Å²) < 4.78 is 7.34. The largest absolute Gasteiger partial charge is 0.466 e. The molecule has 124 valence electrons. The molecule has 0 aliphatic rings. The molecule has 3 nitrogen and oxygen atoms in total. The molecule has 0 spiro atoms. The summed E-state index contributed by atoms with van der Waals surface area (Å²) in [6.07, 6.45) is 2.04. The van der Waals surface area contributed by atoms with E-state index >= 15 is 0 Å². The molecule has 0 amide bonds. The molecule has 2 aromatic carbocycles. The number of hydrogen-bond acceptors (Lipinski definition) is 2. The average molecular weight is 342 g/mol. The Morgan fingerprint density at radius 3 is 2.67 bits per heavy atom. The number of aromatic nitrogens is 1. The number of nitrogens with zero attached hydrogens (tertiary/aromatic N) is 1. The van der Waals surface area contributed by atoms with Crippen LogP contribution in [0.25, 0.3) is 10.9 Å².